The molecule has 2 amide bonds. The molecule has 2 heterocycles. The minimum absolute atomic E-state index is 0.185. The number of benzene rings is 2. The molecule has 2 aromatic carbocycles. The van der Waals surface area contributed by atoms with Crippen LogP contribution in [0, 0.1) is 11.6 Å². The molecular formula is C19H16F2N2O3. The van der Waals surface area contributed by atoms with E-state index >= 15 is 0 Å². The molecule has 0 aliphatic carbocycles. The van der Waals surface area contributed by atoms with E-state index in [9.17, 15) is 18.4 Å². The molecule has 2 unspecified atom stereocenters. The van der Waals surface area contributed by atoms with E-state index in [2.05, 4.69) is 5.32 Å². The lowest BCUT2D eigenvalue weighted by atomic mass is 10.0. The fourth-order valence-electron chi connectivity index (χ4n) is 3.63. The van der Waals surface area contributed by atoms with Crippen molar-refractivity contribution in [2.24, 2.45) is 0 Å². The van der Waals surface area contributed by atoms with Gasteiger partial charge in [0.15, 0.2) is 0 Å². The van der Waals surface area contributed by atoms with Gasteiger partial charge in [0.1, 0.15) is 17.7 Å². The highest BCUT2D eigenvalue weighted by atomic mass is 19.1. The van der Waals surface area contributed by atoms with Crippen molar-refractivity contribution in [3.05, 3.63) is 53.6 Å². The molecule has 1 N–H and O–H groups in total. The number of nitrogens with zero attached hydrogens (tertiary/aromatic N) is 1. The van der Waals surface area contributed by atoms with Gasteiger partial charge in [-0.05, 0) is 36.2 Å². The Morgan fingerprint density at radius 2 is 1.92 bits per heavy atom. The number of carbonyl (C=O) groups excluding carboxylic acids is 2. The first-order valence-corrected chi connectivity index (χ1v) is 8.23. The van der Waals surface area contributed by atoms with E-state index in [0.29, 0.717) is 24.2 Å². The maximum atomic E-state index is 14.1. The van der Waals surface area contributed by atoms with Gasteiger partial charge < -0.3 is 15.0 Å². The van der Waals surface area contributed by atoms with Gasteiger partial charge in [-0.2, -0.15) is 0 Å². The van der Waals surface area contributed by atoms with Crippen LogP contribution in [0.3, 0.4) is 0 Å². The Kier molecular flexibility index (Phi) is 3.96. The van der Waals surface area contributed by atoms with E-state index < -0.39 is 17.7 Å². The van der Waals surface area contributed by atoms with Crippen molar-refractivity contribution in [3.63, 3.8) is 0 Å². The van der Waals surface area contributed by atoms with Gasteiger partial charge in [-0.1, -0.05) is 6.07 Å². The molecule has 0 aromatic heterocycles. The topological polar surface area (TPSA) is 58.6 Å². The molecule has 0 radical (unpaired) electrons. The Labute approximate surface area is 148 Å². The van der Waals surface area contributed by atoms with Gasteiger partial charge >= 0.3 is 0 Å². The third-order valence-electron chi connectivity index (χ3n) is 4.92. The maximum Gasteiger partial charge on any atom is 0.256 e. The molecule has 5 nitrogen and oxygen atoms in total. The van der Waals surface area contributed by atoms with Crippen molar-refractivity contribution in [1.29, 1.82) is 0 Å². The second-order valence-electron chi connectivity index (χ2n) is 6.38. The zero-order valence-electron chi connectivity index (χ0n) is 14.0. The Morgan fingerprint density at radius 3 is 2.65 bits per heavy atom. The first-order chi connectivity index (χ1) is 12.5. The van der Waals surface area contributed by atoms with Crippen LogP contribution in [0.4, 0.5) is 14.5 Å². The number of hydrogen-bond donors (Lipinski definition) is 1. The number of halogens is 2. The van der Waals surface area contributed by atoms with Crippen LogP contribution < -0.4 is 5.32 Å². The Bertz CT molecular complexity index is 916. The predicted octanol–water partition coefficient (Wildman–Crippen LogP) is 2.81. The molecule has 134 valence electrons. The first-order valence-electron chi connectivity index (χ1n) is 8.23. The molecule has 2 atom stereocenters. The van der Waals surface area contributed by atoms with Crippen LogP contribution in [0.2, 0.25) is 0 Å². The van der Waals surface area contributed by atoms with E-state index in [4.69, 9.17) is 4.74 Å². The summed E-state index contributed by atoms with van der Waals surface area (Å²) in [6, 6.07) is 7.27. The fraction of sp³-hybridized carbons (Fsp3) is 0.263. The minimum Gasteiger partial charge on any atom is -0.379 e. The summed E-state index contributed by atoms with van der Waals surface area (Å²) in [7, 11) is 1.51. The average molecular weight is 358 g/mol. The third-order valence-corrected chi connectivity index (χ3v) is 4.92. The fourth-order valence-corrected chi connectivity index (χ4v) is 3.63. The van der Waals surface area contributed by atoms with Gasteiger partial charge in [-0.3, -0.25) is 9.59 Å². The van der Waals surface area contributed by atoms with Gasteiger partial charge in [0.25, 0.3) is 5.91 Å². The summed E-state index contributed by atoms with van der Waals surface area (Å²) >= 11 is 0. The van der Waals surface area contributed by atoms with Crippen molar-refractivity contribution < 1.29 is 23.1 Å². The first kappa shape index (κ1) is 16.7. The van der Waals surface area contributed by atoms with Crippen molar-refractivity contribution in [3.8, 4) is 11.1 Å². The highest BCUT2D eigenvalue weighted by Gasteiger charge is 2.45. The van der Waals surface area contributed by atoms with E-state index in [1.165, 1.54) is 24.1 Å². The number of nitrogens with one attached hydrogen (secondary N) is 1. The van der Waals surface area contributed by atoms with Crippen molar-refractivity contribution >= 4 is 17.5 Å². The summed E-state index contributed by atoms with van der Waals surface area (Å²) in [5.41, 5.74) is 1.27. The Balaban J connectivity index is 1.78. The number of methoxy groups -OCH3 is 1. The van der Waals surface area contributed by atoms with Crippen LogP contribution in [-0.2, 0) is 9.53 Å². The largest absolute Gasteiger partial charge is 0.379 e. The number of amides is 2. The van der Waals surface area contributed by atoms with Crippen molar-refractivity contribution in [2.45, 2.75) is 18.6 Å². The van der Waals surface area contributed by atoms with Gasteiger partial charge in [0.2, 0.25) is 5.91 Å². The zero-order valence-corrected chi connectivity index (χ0v) is 14.0. The molecule has 0 bridgehead atoms. The molecule has 0 spiro atoms. The van der Waals surface area contributed by atoms with Crippen LogP contribution >= 0.6 is 0 Å². The van der Waals surface area contributed by atoms with Crippen LogP contribution in [0.25, 0.3) is 11.1 Å². The summed E-state index contributed by atoms with van der Waals surface area (Å²) in [4.78, 5) is 27.0. The van der Waals surface area contributed by atoms with Gasteiger partial charge in [0, 0.05) is 25.3 Å². The lowest BCUT2D eigenvalue weighted by Crippen LogP contribution is -2.46. The van der Waals surface area contributed by atoms with E-state index in [0.717, 1.165) is 12.1 Å². The second-order valence-corrected chi connectivity index (χ2v) is 6.38. The molecule has 2 aromatic rings. The lowest BCUT2D eigenvalue weighted by Gasteiger charge is -2.23. The molecular weight excluding hydrogens is 342 g/mol. The number of anilines is 1. The smallest absolute Gasteiger partial charge is 0.256 e. The SMILES string of the molecule is COC1CCN2C(=O)c3cc(-c4ccc(F)cc4F)ccc3NC(=O)C12. The molecule has 0 saturated carbocycles. The highest BCUT2D eigenvalue weighted by Crippen LogP contribution is 2.33. The highest BCUT2D eigenvalue weighted by molar-refractivity contribution is 6.11. The Morgan fingerprint density at radius 1 is 1.12 bits per heavy atom. The third kappa shape index (κ3) is 2.55. The maximum absolute atomic E-state index is 14.1. The summed E-state index contributed by atoms with van der Waals surface area (Å²) in [5, 5.41) is 2.76. The summed E-state index contributed by atoms with van der Waals surface area (Å²) in [6.07, 6.45) is 0.212. The zero-order chi connectivity index (χ0) is 18.4. The lowest BCUT2D eigenvalue weighted by molar-refractivity contribution is -0.122. The molecule has 1 fully saturated rings. The summed E-state index contributed by atoms with van der Waals surface area (Å²) in [5.74, 6) is -2.00. The van der Waals surface area contributed by atoms with Crippen LogP contribution in [0.15, 0.2) is 36.4 Å². The summed E-state index contributed by atoms with van der Waals surface area (Å²) in [6.45, 7) is 0.407. The number of fused-ring (bicyclic) bond motifs is 2. The van der Waals surface area contributed by atoms with Crippen LogP contribution in [-0.4, -0.2) is 42.5 Å². The second kappa shape index (κ2) is 6.17. The standard InChI is InChI=1S/C19H16F2N2O3/c1-26-16-6-7-23-17(16)18(24)22-15-5-2-10(8-13(15)19(23)25)12-4-3-11(20)9-14(12)21/h2-5,8-9,16-17H,6-7H2,1H3,(H,22,24). The molecule has 2 aliphatic rings. The molecule has 7 heteroatoms. The molecule has 2 aliphatic heterocycles. The summed E-state index contributed by atoms with van der Waals surface area (Å²) < 4.78 is 32.6. The normalized spacial score (nSPS) is 21.9. The number of hydrogen-bond acceptors (Lipinski definition) is 3. The quantitative estimate of drug-likeness (QED) is 0.898. The van der Waals surface area contributed by atoms with Gasteiger partial charge in [-0.25, -0.2) is 8.78 Å². The number of carbonyl (C=O) groups is 2. The van der Waals surface area contributed by atoms with Crippen LogP contribution in [0.1, 0.15) is 16.8 Å². The number of ether oxygens (including phenoxy) is 1. The van der Waals surface area contributed by atoms with E-state index in [-0.39, 0.29) is 29.0 Å². The van der Waals surface area contributed by atoms with Gasteiger partial charge in [-0.15, -0.1) is 0 Å². The Hall–Kier alpha value is -2.80. The monoisotopic (exact) mass is 358 g/mol. The van der Waals surface area contributed by atoms with E-state index in [1.54, 1.807) is 12.1 Å². The average Bonchev–Trinajstić information content (AvgIpc) is 3.02. The number of rotatable bonds is 2. The molecule has 4 rings (SSSR count). The molecule has 1 saturated heterocycles. The van der Waals surface area contributed by atoms with Gasteiger partial charge in [0.05, 0.1) is 17.4 Å². The van der Waals surface area contributed by atoms with Crippen molar-refractivity contribution in [1.82, 2.24) is 4.90 Å². The molecule has 26 heavy (non-hydrogen) atoms. The van der Waals surface area contributed by atoms with Crippen LogP contribution in [0.5, 0.6) is 0 Å². The minimum atomic E-state index is -0.714. The van der Waals surface area contributed by atoms with Crippen molar-refractivity contribution in [2.75, 3.05) is 19.0 Å². The van der Waals surface area contributed by atoms with E-state index in [1.807, 2.05) is 0 Å². The predicted molar refractivity (Wildman–Crippen MR) is 90.7 cm³/mol.